The minimum atomic E-state index is -0.0573. The lowest BCUT2D eigenvalue weighted by Crippen LogP contribution is -2.25. The van der Waals surface area contributed by atoms with E-state index in [0.29, 0.717) is 18.2 Å². The third-order valence-electron chi connectivity index (χ3n) is 5.42. The number of hydrogen-bond donors (Lipinski definition) is 1. The highest BCUT2D eigenvalue weighted by atomic mass is 35.5. The van der Waals surface area contributed by atoms with Crippen molar-refractivity contribution in [1.82, 2.24) is 14.9 Å². The van der Waals surface area contributed by atoms with Gasteiger partial charge in [0.25, 0.3) is 5.91 Å². The van der Waals surface area contributed by atoms with Crippen LogP contribution in [0.2, 0.25) is 5.02 Å². The van der Waals surface area contributed by atoms with Crippen molar-refractivity contribution in [3.8, 4) is 0 Å². The molecule has 0 spiro atoms. The molecule has 27 heavy (non-hydrogen) atoms. The smallest absolute Gasteiger partial charge is 0.251 e. The first kappa shape index (κ1) is 18.1. The fourth-order valence-corrected chi connectivity index (χ4v) is 4.02. The summed E-state index contributed by atoms with van der Waals surface area (Å²) in [7, 11) is 0. The third kappa shape index (κ3) is 4.16. The van der Waals surface area contributed by atoms with Gasteiger partial charge in [-0.3, -0.25) is 4.79 Å². The van der Waals surface area contributed by atoms with Crippen LogP contribution in [0.1, 0.15) is 54.1 Å². The molecule has 0 unspecified atom stereocenters. The van der Waals surface area contributed by atoms with Crippen LogP contribution < -0.4 is 5.32 Å². The van der Waals surface area contributed by atoms with Gasteiger partial charge in [0.1, 0.15) is 0 Å². The molecule has 0 aliphatic heterocycles. The van der Waals surface area contributed by atoms with Crippen molar-refractivity contribution in [2.75, 3.05) is 6.54 Å². The Bertz CT molecular complexity index is 926. The number of carbonyl (C=O) groups is 1. The fourth-order valence-electron chi connectivity index (χ4n) is 3.90. The number of carbonyl (C=O) groups excluding carboxylic acids is 1. The Morgan fingerprint density at radius 2 is 1.89 bits per heavy atom. The Morgan fingerprint density at radius 3 is 2.67 bits per heavy atom. The number of nitrogens with zero attached hydrogens (tertiary/aromatic N) is 2. The largest absolute Gasteiger partial charge is 0.352 e. The molecule has 2 aromatic carbocycles. The summed E-state index contributed by atoms with van der Waals surface area (Å²) in [6, 6.07) is 14.1. The summed E-state index contributed by atoms with van der Waals surface area (Å²) in [6.45, 7) is 0.592. The van der Waals surface area contributed by atoms with E-state index >= 15 is 0 Å². The third-order valence-corrected chi connectivity index (χ3v) is 5.67. The molecule has 4 rings (SSSR count). The summed E-state index contributed by atoms with van der Waals surface area (Å²) in [5.74, 6) is -0.0573. The molecule has 4 nitrogen and oxygen atoms in total. The lowest BCUT2D eigenvalue weighted by Gasteiger charge is -2.23. The highest BCUT2D eigenvalue weighted by Crippen LogP contribution is 2.30. The van der Waals surface area contributed by atoms with Crippen LogP contribution >= 0.6 is 11.6 Å². The van der Waals surface area contributed by atoms with Crippen LogP contribution in [0.15, 0.2) is 48.8 Å². The van der Waals surface area contributed by atoms with Crippen LogP contribution in [0.3, 0.4) is 0 Å². The summed E-state index contributed by atoms with van der Waals surface area (Å²) in [6.07, 6.45) is 9.07. The van der Waals surface area contributed by atoms with Gasteiger partial charge in [-0.2, -0.15) is 0 Å². The van der Waals surface area contributed by atoms with Crippen molar-refractivity contribution in [2.24, 2.45) is 0 Å². The van der Waals surface area contributed by atoms with Crippen LogP contribution in [0, 0.1) is 0 Å². The molecule has 1 aliphatic rings. The van der Waals surface area contributed by atoms with E-state index in [4.69, 9.17) is 11.6 Å². The van der Waals surface area contributed by atoms with Gasteiger partial charge in [0.15, 0.2) is 0 Å². The van der Waals surface area contributed by atoms with Crippen LogP contribution in [-0.4, -0.2) is 22.0 Å². The number of rotatable bonds is 5. The number of amides is 1. The van der Waals surface area contributed by atoms with Crippen LogP contribution in [0.25, 0.3) is 11.0 Å². The first-order chi connectivity index (χ1) is 13.2. The summed E-state index contributed by atoms with van der Waals surface area (Å²) in [4.78, 5) is 17.0. The van der Waals surface area contributed by atoms with E-state index in [2.05, 4.69) is 14.9 Å². The average Bonchev–Trinajstić information content (AvgIpc) is 3.13. The molecule has 0 atom stereocenters. The predicted octanol–water partition coefficient (Wildman–Crippen LogP) is 5.17. The molecule has 1 aliphatic carbocycles. The van der Waals surface area contributed by atoms with E-state index in [0.717, 1.165) is 28.0 Å². The zero-order valence-electron chi connectivity index (χ0n) is 15.3. The Kier molecular flexibility index (Phi) is 5.44. The zero-order valence-corrected chi connectivity index (χ0v) is 16.1. The molecule has 1 saturated carbocycles. The first-order valence-electron chi connectivity index (χ1n) is 9.70. The minimum Gasteiger partial charge on any atom is -0.352 e. The molecule has 0 bridgehead atoms. The van der Waals surface area contributed by atoms with Crippen molar-refractivity contribution < 1.29 is 4.79 Å². The summed E-state index contributed by atoms with van der Waals surface area (Å²) in [5, 5.41) is 3.72. The maximum absolute atomic E-state index is 12.5. The average molecular weight is 382 g/mol. The topological polar surface area (TPSA) is 46.9 Å². The molecule has 140 valence electrons. The minimum absolute atomic E-state index is 0.0573. The van der Waals surface area contributed by atoms with E-state index < -0.39 is 0 Å². The van der Waals surface area contributed by atoms with Gasteiger partial charge in [0, 0.05) is 23.2 Å². The van der Waals surface area contributed by atoms with E-state index in [1.807, 2.05) is 48.8 Å². The van der Waals surface area contributed by atoms with Crippen molar-refractivity contribution in [3.63, 3.8) is 0 Å². The van der Waals surface area contributed by atoms with Gasteiger partial charge >= 0.3 is 0 Å². The van der Waals surface area contributed by atoms with E-state index in [1.165, 1.54) is 32.1 Å². The SMILES string of the molecule is O=C(NCCc1ccc(Cl)cc1)c1ccc2c(c1)ncn2C1CCCCC1. The first-order valence-corrected chi connectivity index (χ1v) is 10.1. The molecular weight excluding hydrogens is 358 g/mol. The number of fused-ring (bicyclic) bond motifs is 1. The number of nitrogens with one attached hydrogen (secondary N) is 1. The maximum Gasteiger partial charge on any atom is 0.251 e. The highest BCUT2D eigenvalue weighted by molar-refractivity contribution is 6.30. The van der Waals surface area contributed by atoms with Gasteiger partial charge in [-0.25, -0.2) is 4.98 Å². The van der Waals surface area contributed by atoms with Gasteiger partial charge in [0.2, 0.25) is 0 Å². The molecule has 3 aromatic rings. The molecule has 1 fully saturated rings. The van der Waals surface area contributed by atoms with E-state index in [-0.39, 0.29) is 5.91 Å². The molecule has 1 N–H and O–H groups in total. The second-order valence-electron chi connectivity index (χ2n) is 7.28. The maximum atomic E-state index is 12.5. The zero-order chi connectivity index (χ0) is 18.6. The molecule has 1 aromatic heterocycles. The lowest BCUT2D eigenvalue weighted by molar-refractivity contribution is 0.0954. The molecule has 1 amide bonds. The van der Waals surface area contributed by atoms with Crippen LogP contribution in [0.5, 0.6) is 0 Å². The normalized spacial score (nSPS) is 15.1. The monoisotopic (exact) mass is 381 g/mol. The second-order valence-corrected chi connectivity index (χ2v) is 7.72. The molecule has 5 heteroatoms. The van der Waals surface area contributed by atoms with Crippen molar-refractivity contribution >= 4 is 28.5 Å². The van der Waals surface area contributed by atoms with Crippen LogP contribution in [-0.2, 0) is 6.42 Å². The number of halogens is 1. The Morgan fingerprint density at radius 1 is 1.11 bits per heavy atom. The molecular formula is C22H24ClN3O. The summed E-state index contributed by atoms with van der Waals surface area (Å²) < 4.78 is 2.29. The van der Waals surface area contributed by atoms with Gasteiger partial charge in [-0.05, 0) is 55.2 Å². The standard InChI is InChI=1S/C22H24ClN3O/c23-18-9-6-16(7-10-18)12-13-24-22(27)17-8-11-21-20(14-17)25-15-26(21)19-4-2-1-3-5-19/h6-11,14-15,19H,1-5,12-13H2,(H,24,27). The van der Waals surface area contributed by atoms with Gasteiger partial charge in [0.05, 0.1) is 17.4 Å². The van der Waals surface area contributed by atoms with Gasteiger partial charge in [-0.15, -0.1) is 0 Å². The Hall–Kier alpha value is -2.33. The number of hydrogen-bond acceptors (Lipinski definition) is 2. The molecule has 1 heterocycles. The summed E-state index contributed by atoms with van der Waals surface area (Å²) in [5.41, 5.74) is 3.83. The Balaban J connectivity index is 1.40. The van der Waals surface area contributed by atoms with Crippen molar-refractivity contribution in [1.29, 1.82) is 0 Å². The second kappa shape index (κ2) is 8.13. The van der Waals surface area contributed by atoms with Gasteiger partial charge < -0.3 is 9.88 Å². The van der Waals surface area contributed by atoms with Crippen molar-refractivity contribution in [3.05, 3.63) is 64.9 Å². The highest BCUT2D eigenvalue weighted by Gasteiger charge is 2.18. The molecule has 0 radical (unpaired) electrons. The summed E-state index contributed by atoms with van der Waals surface area (Å²) >= 11 is 5.90. The van der Waals surface area contributed by atoms with Crippen LogP contribution in [0.4, 0.5) is 0 Å². The molecule has 0 saturated heterocycles. The van der Waals surface area contributed by atoms with Gasteiger partial charge in [-0.1, -0.05) is 43.0 Å². The number of benzene rings is 2. The van der Waals surface area contributed by atoms with E-state index in [1.54, 1.807) is 0 Å². The predicted molar refractivity (Wildman–Crippen MR) is 109 cm³/mol. The number of aromatic nitrogens is 2. The fraction of sp³-hybridized carbons (Fsp3) is 0.364. The lowest BCUT2D eigenvalue weighted by atomic mass is 9.95. The van der Waals surface area contributed by atoms with E-state index in [9.17, 15) is 4.79 Å². The quantitative estimate of drug-likeness (QED) is 0.662. The van der Waals surface area contributed by atoms with Crippen molar-refractivity contribution in [2.45, 2.75) is 44.6 Å². The number of imidazole rings is 1. The Labute approximate surface area is 164 Å².